The molecule has 1 aromatic carbocycles. The Kier molecular flexibility index (Phi) is 2.80. The smallest absolute Gasteiger partial charge is 0.143 e. The number of benzene rings is 1. The molecule has 1 aromatic rings. The first-order valence-electron chi connectivity index (χ1n) is 5.64. The summed E-state index contributed by atoms with van der Waals surface area (Å²) in [6.07, 6.45) is 0.662. The van der Waals surface area contributed by atoms with Crippen molar-refractivity contribution < 1.29 is 9.50 Å². The molecule has 0 radical (unpaired) electrons. The van der Waals surface area contributed by atoms with Gasteiger partial charge in [-0.3, -0.25) is 0 Å². The van der Waals surface area contributed by atoms with Gasteiger partial charge in [-0.2, -0.15) is 5.26 Å². The van der Waals surface area contributed by atoms with Gasteiger partial charge in [0.1, 0.15) is 11.9 Å². The molecule has 2 rings (SSSR count). The average molecular weight is 234 g/mol. The van der Waals surface area contributed by atoms with Crippen molar-refractivity contribution in [1.29, 1.82) is 5.26 Å². The fourth-order valence-corrected chi connectivity index (χ4v) is 2.21. The number of rotatable bonds is 1. The van der Waals surface area contributed by atoms with Gasteiger partial charge in [0.05, 0.1) is 17.2 Å². The standard InChI is InChI=1S/C13H15FN2O/c1-9-13(2,17)5-6-16(9)11-4-3-10(8-15)12(14)7-11/h3-4,7,9,17H,5-6H2,1-2H3. The Balaban J connectivity index is 2.31. The van der Waals surface area contributed by atoms with Crippen molar-refractivity contribution in [3.8, 4) is 6.07 Å². The monoisotopic (exact) mass is 234 g/mol. The van der Waals surface area contributed by atoms with Gasteiger partial charge in [-0.05, 0) is 38.5 Å². The second-order valence-corrected chi connectivity index (χ2v) is 4.75. The molecule has 0 spiro atoms. The lowest BCUT2D eigenvalue weighted by Gasteiger charge is -2.29. The molecule has 1 aliphatic heterocycles. The van der Waals surface area contributed by atoms with Gasteiger partial charge in [0.15, 0.2) is 0 Å². The lowest BCUT2D eigenvalue weighted by molar-refractivity contribution is 0.0566. The third-order valence-electron chi connectivity index (χ3n) is 3.63. The highest BCUT2D eigenvalue weighted by Gasteiger charge is 2.39. The van der Waals surface area contributed by atoms with Gasteiger partial charge in [0, 0.05) is 12.2 Å². The Morgan fingerprint density at radius 3 is 2.76 bits per heavy atom. The van der Waals surface area contributed by atoms with Crippen LogP contribution < -0.4 is 4.90 Å². The summed E-state index contributed by atoms with van der Waals surface area (Å²) in [5.41, 5.74) is 0.0174. The van der Waals surface area contributed by atoms with Gasteiger partial charge in [0.2, 0.25) is 0 Å². The summed E-state index contributed by atoms with van der Waals surface area (Å²) in [6.45, 7) is 4.40. The molecule has 90 valence electrons. The summed E-state index contributed by atoms with van der Waals surface area (Å²) < 4.78 is 13.5. The Morgan fingerprint density at radius 2 is 2.29 bits per heavy atom. The maximum Gasteiger partial charge on any atom is 0.143 e. The second-order valence-electron chi connectivity index (χ2n) is 4.75. The summed E-state index contributed by atoms with van der Waals surface area (Å²) in [5.74, 6) is -0.510. The molecule has 0 saturated carbocycles. The Bertz CT molecular complexity index is 479. The number of hydrogen-bond donors (Lipinski definition) is 1. The zero-order chi connectivity index (χ0) is 12.6. The van der Waals surface area contributed by atoms with E-state index in [0.29, 0.717) is 18.7 Å². The molecule has 2 atom stereocenters. The minimum Gasteiger partial charge on any atom is -0.388 e. The SMILES string of the molecule is CC1N(c2ccc(C#N)c(F)c2)CCC1(C)O. The number of halogens is 1. The topological polar surface area (TPSA) is 47.3 Å². The highest BCUT2D eigenvalue weighted by atomic mass is 19.1. The molecule has 1 N–H and O–H groups in total. The zero-order valence-corrected chi connectivity index (χ0v) is 9.94. The van der Waals surface area contributed by atoms with E-state index in [1.165, 1.54) is 12.1 Å². The molecule has 3 nitrogen and oxygen atoms in total. The highest BCUT2D eigenvalue weighted by Crippen LogP contribution is 2.32. The molecular weight excluding hydrogens is 219 g/mol. The van der Waals surface area contributed by atoms with E-state index in [2.05, 4.69) is 0 Å². The molecule has 0 aromatic heterocycles. The van der Waals surface area contributed by atoms with E-state index in [9.17, 15) is 9.50 Å². The maximum atomic E-state index is 13.5. The Morgan fingerprint density at radius 1 is 1.59 bits per heavy atom. The van der Waals surface area contributed by atoms with Crippen LogP contribution in [0, 0.1) is 17.1 Å². The minimum absolute atomic E-state index is 0.0485. The third-order valence-corrected chi connectivity index (χ3v) is 3.63. The van der Waals surface area contributed by atoms with Crippen molar-refractivity contribution in [3.05, 3.63) is 29.6 Å². The van der Waals surface area contributed by atoms with Crippen LogP contribution in [-0.4, -0.2) is 23.3 Å². The predicted octanol–water partition coefficient (Wildman–Crippen LogP) is 2.05. The number of aliphatic hydroxyl groups is 1. The number of anilines is 1. The summed E-state index contributed by atoms with van der Waals surface area (Å²) >= 11 is 0. The molecule has 1 fully saturated rings. The molecule has 0 bridgehead atoms. The molecule has 1 aliphatic rings. The summed E-state index contributed by atoms with van der Waals surface area (Å²) in [7, 11) is 0. The van der Waals surface area contributed by atoms with Crippen LogP contribution in [0.25, 0.3) is 0 Å². The van der Waals surface area contributed by atoms with Crippen LogP contribution in [0.1, 0.15) is 25.8 Å². The fraction of sp³-hybridized carbons (Fsp3) is 0.462. The third kappa shape index (κ3) is 1.98. The number of nitriles is 1. The van der Waals surface area contributed by atoms with E-state index in [0.717, 1.165) is 0 Å². The van der Waals surface area contributed by atoms with Crippen LogP contribution in [-0.2, 0) is 0 Å². The van der Waals surface area contributed by atoms with Crippen molar-refractivity contribution in [2.24, 2.45) is 0 Å². The van der Waals surface area contributed by atoms with Crippen LogP contribution in [0.15, 0.2) is 18.2 Å². The van der Waals surface area contributed by atoms with Crippen LogP contribution >= 0.6 is 0 Å². The van der Waals surface area contributed by atoms with Crippen molar-refractivity contribution in [2.45, 2.75) is 31.9 Å². The summed E-state index contributed by atoms with van der Waals surface area (Å²) in [4.78, 5) is 1.96. The summed E-state index contributed by atoms with van der Waals surface area (Å²) in [6, 6.07) is 6.29. The zero-order valence-electron chi connectivity index (χ0n) is 9.94. The Labute approximate surface area is 100 Å². The molecular formula is C13H15FN2O. The van der Waals surface area contributed by atoms with Gasteiger partial charge in [-0.15, -0.1) is 0 Å². The van der Waals surface area contributed by atoms with Crippen LogP contribution in [0.3, 0.4) is 0 Å². The van der Waals surface area contributed by atoms with Crippen molar-refractivity contribution >= 4 is 5.69 Å². The quantitative estimate of drug-likeness (QED) is 0.809. The molecule has 1 saturated heterocycles. The maximum absolute atomic E-state index is 13.5. The normalized spacial score (nSPS) is 28.2. The fourth-order valence-electron chi connectivity index (χ4n) is 2.21. The molecule has 17 heavy (non-hydrogen) atoms. The van der Waals surface area contributed by atoms with Crippen LogP contribution in [0.4, 0.5) is 10.1 Å². The first kappa shape index (κ1) is 11.9. The van der Waals surface area contributed by atoms with Crippen molar-refractivity contribution in [2.75, 3.05) is 11.4 Å². The number of hydrogen-bond acceptors (Lipinski definition) is 3. The lowest BCUT2D eigenvalue weighted by atomic mass is 9.99. The molecule has 0 aliphatic carbocycles. The van der Waals surface area contributed by atoms with Gasteiger partial charge in [-0.25, -0.2) is 4.39 Å². The van der Waals surface area contributed by atoms with E-state index in [-0.39, 0.29) is 11.6 Å². The van der Waals surface area contributed by atoms with Crippen molar-refractivity contribution in [3.63, 3.8) is 0 Å². The van der Waals surface area contributed by atoms with Crippen molar-refractivity contribution in [1.82, 2.24) is 0 Å². The second kappa shape index (κ2) is 4.01. The van der Waals surface area contributed by atoms with Gasteiger partial charge >= 0.3 is 0 Å². The molecule has 1 heterocycles. The van der Waals surface area contributed by atoms with E-state index < -0.39 is 11.4 Å². The predicted molar refractivity (Wildman–Crippen MR) is 63.2 cm³/mol. The van der Waals surface area contributed by atoms with Gasteiger partial charge in [-0.1, -0.05) is 0 Å². The molecule has 0 amide bonds. The number of nitrogens with zero attached hydrogens (tertiary/aromatic N) is 2. The minimum atomic E-state index is -0.746. The first-order valence-corrected chi connectivity index (χ1v) is 5.64. The van der Waals surface area contributed by atoms with E-state index in [1.807, 2.05) is 11.8 Å². The van der Waals surface area contributed by atoms with E-state index in [4.69, 9.17) is 5.26 Å². The van der Waals surface area contributed by atoms with Crippen LogP contribution in [0.2, 0.25) is 0 Å². The van der Waals surface area contributed by atoms with E-state index >= 15 is 0 Å². The highest BCUT2D eigenvalue weighted by molar-refractivity contribution is 5.52. The lowest BCUT2D eigenvalue weighted by Crippen LogP contribution is -2.40. The molecule has 2 unspecified atom stereocenters. The van der Waals surface area contributed by atoms with Gasteiger partial charge < -0.3 is 10.0 Å². The largest absolute Gasteiger partial charge is 0.388 e. The average Bonchev–Trinajstić information content (AvgIpc) is 2.54. The molecule has 4 heteroatoms. The first-order chi connectivity index (χ1) is 7.95. The Hall–Kier alpha value is -1.60. The van der Waals surface area contributed by atoms with Crippen LogP contribution in [0.5, 0.6) is 0 Å². The summed E-state index contributed by atoms with van der Waals surface area (Å²) in [5, 5.41) is 18.7. The van der Waals surface area contributed by atoms with E-state index in [1.54, 1.807) is 19.1 Å². The van der Waals surface area contributed by atoms with Gasteiger partial charge in [0.25, 0.3) is 0 Å².